The molecule has 1 heterocycles. The summed E-state index contributed by atoms with van der Waals surface area (Å²) in [6, 6.07) is 0. The van der Waals surface area contributed by atoms with Gasteiger partial charge in [0.15, 0.2) is 5.69 Å². The Hall–Kier alpha value is -0.760. The quantitative estimate of drug-likeness (QED) is 0.676. The minimum Gasteiger partial charge on any atom is -0.383 e. The molecule has 0 unspecified atom stereocenters. The van der Waals surface area contributed by atoms with E-state index < -0.39 is 0 Å². The van der Waals surface area contributed by atoms with Crippen LogP contribution >= 0.6 is 24.1 Å². The molecule has 1 rings (SSSR count). The van der Waals surface area contributed by atoms with Crippen molar-refractivity contribution >= 4 is 30.0 Å². The lowest BCUT2D eigenvalue weighted by molar-refractivity contribution is 0.0949. The van der Waals surface area contributed by atoms with Crippen LogP contribution in [0.2, 0.25) is 0 Å². The number of carbonyl (C=O) groups is 1. The van der Waals surface area contributed by atoms with Crippen molar-refractivity contribution in [2.45, 2.75) is 0 Å². The minimum atomic E-state index is -0.183. The molecule has 92 valence electrons. The predicted molar refractivity (Wildman–Crippen MR) is 64.2 cm³/mol. The van der Waals surface area contributed by atoms with Gasteiger partial charge in [-0.2, -0.15) is 8.75 Å². The van der Waals surface area contributed by atoms with Gasteiger partial charge < -0.3 is 15.4 Å². The standard InChI is InChI=1S/C8H14N4O2S.ClH/c1-14-5-4-9-2-3-10-8(13)7-6-11-15-12-7;/h6,9H,2-5H2,1H3,(H,10,13);1H. The third-order valence-electron chi connectivity index (χ3n) is 1.66. The number of nitrogens with one attached hydrogen (secondary N) is 2. The van der Waals surface area contributed by atoms with Crippen molar-refractivity contribution in [2.24, 2.45) is 0 Å². The highest BCUT2D eigenvalue weighted by atomic mass is 35.5. The van der Waals surface area contributed by atoms with E-state index in [2.05, 4.69) is 19.4 Å². The Morgan fingerprint density at radius 3 is 2.94 bits per heavy atom. The summed E-state index contributed by atoms with van der Waals surface area (Å²) in [5.74, 6) is -0.183. The number of hydrogen-bond acceptors (Lipinski definition) is 6. The second kappa shape index (κ2) is 9.46. The normalized spacial score (nSPS) is 9.56. The number of nitrogens with zero attached hydrogens (tertiary/aromatic N) is 2. The molecule has 0 bridgehead atoms. The highest BCUT2D eigenvalue weighted by Gasteiger charge is 2.06. The van der Waals surface area contributed by atoms with Gasteiger partial charge in [-0.05, 0) is 0 Å². The van der Waals surface area contributed by atoms with Crippen molar-refractivity contribution < 1.29 is 9.53 Å². The van der Waals surface area contributed by atoms with Gasteiger partial charge in [0.05, 0.1) is 24.5 Å². The maximum atomic E-state index is 11.3. The van der Waals surface area contributed by atoms with Gasteiger partial charge in [0.1, 0.15) is 0 Å². The van der Waals surface area contributed by atoms with E-state index in [0.29, 0.717) is 25.4 Å². The molecule has 0 atom stereocenters. The van der Waals surface area contributed by atoms with E-state index in [0.717, 1.165) is 18.3 Å². The zero-order chi connectivity index (χ0) is 10.9. The molecule has 2 N–H and O–H groups in total. The van der Waals surface area contributed by atoms with E-state index >= 15 is 0 Å². The van der Waals surface area contributed by atoms with Crippen LogP contribution in [0.25, 0.3) is 0 Å². The number of rotatable bonds is 7. The van der Waals surface area contributed by atoms with Crippen molar-refractivity contribution in [3.63, 3.8) is 0 Å². The molecule has 6 nitrogen and oxygen atoms in total. The zero-order valence-electron chi connectivity index (χ0n) is 8.93. The average Bonchev–Trinajstić information content (AvgIpc) is 2.76. The molecule has 8 heteroatoms. The molecular formula is C8H15ClN4O2S. The fraction of sp³-hybridized carbons (Fsp3) is 0.625. The lowest BCUT2D eigenvalue weighted by Gasteiger charge is -2.04. The van der Waals surface area contributed by atoms with Gasteiger partial charge in [-0.1, -0.05) is 0 Å². The number of methoxy groups -OCH3 is 1. The van der Waals surface area contributed by atoms with Gasteiger partial charge in [0.2, 0.25) is 0 Å². The van der Waals surface area contributed by atoms with Gasteiger partial charge >= 0.3 is 0 Å². The second-order valence-electron chi connectivity index (χ2n) is 2.79. The Morgan fingerprint density at radius 1 is 1.50 bits per heavy atom. The van der Waals surface area contributed by atoms with Gasteiger partial charge in [-0.15, -0.1) is 12.4 Å². The van der Waals surface area contributed by atoms with E-state index in [1.54, 1.807) is 7.11 Å². The van der Waals surface area contributed by atoms with E-state index in [1.807, 2.05) is 0 Å². The maximum absolute atomic E-state index is 11.3. The van der Waals surface area contributed by atoms with Crippen LogP contribution in [-0.2, 0) is 4.74 Å². The number of aromatic nitrogens is 2. The highest BCUT2D eigenvalue weighted by molar-refractivity contribution is 6.99. The van der Waals surface area contributed by atoms with Crippen LogP contribution in [-0.4, -0.2) is 48.0 Å². The molecule has 0 fully saturated rings. The van der Waals surface area contributed by atoms with Crippen molar-refractivity contribution in [3.05, 3.63) is 11.9 Å². The Morgan fingerprint density at radius 2 is 2.31 bits per heavy atom. The van der Waals surface area contributed by atoms with Crippen molar-refractivity contribution in [1.82, 2.24) is 19.4 Å². The van der Waals surface area contributed by atoms with Crippen LogP contribution < -0.4 is 10.6 Å². The van der Waals surface area contributed by atoms with E-state index in [-0.39, 0.29) is 18.3 Å². The van der Waals surface area contributed by atoms with Gasteiger partial charge in [0, 0.05) is 26.7 Å². The number of ether oxygens (including phenoxy) is 1. The molecule has 0 saturated carbocycles. The molecule has 0 aliphatic heterocycles. The Kier molecular flexibility index (Phi) is 9.02. The third-order valence-corrected chi connectivity index (χ3v) is 2.14. The summed E-state index contributed by atoms with van der Waals surface area (Å²) in [6.07, 6.45) is 1.46. The first kappa shape index (κ1) is 15.2. The maximum Gasteiger partial charge on any atom is 0.272 e. The Balaban J connectivity index is 0.00000225. The fourth-order valence-corrected chi connectivity index (χ4v) is 1.33. The van der Waals surface area contributed by atoms with Crippen molar-refractivity contribution in [2.75, 3.05) is 33.4 Å². The second-order valence-corrected chi connectivity index (χ2v) is 3.35. The predicted octanol–water partition coefficient (Wildman–Crippen LogP) is -0.0743. The number of amides is 1. The van der Waals surface area contributed by atoms with Gasteiger partial charge in [-0.25, -0.2) is 0 Å². The number of carbonyl (C=O) groups excluding carboxylic acids is 1. The minimum absolute atomic E-state index is 0. The fourth-order valence-electron chi connectivity index (χ4n) is 0.919. The molecule has 0 aliphatic carbocycles. The third kappa shape index (κ3) is 5.96. The Bertz CT molecular complexity index is 284. The zero-order valence-corrected chi connectivity index (χ0v) is 10.6. The van der Waals surface area contributed by atoms with E-state index in [9.17, 15) is 4.79 Å². The van der Waals surface area contributed by atoms with Crippen LogP contribution in [0.1, 0.15) is 10.5 Å². The lowest BCUT2D eigenvalue weighted by atomic mass is 10.4. The summed E-state index contributed by atoms with van der Waals surface area (Å²) >= 11 is 1.03. The SMILES string of the molecule is COCCNCCNC(=O)c1cnsn1.Cl. The highest BCUT2D eigenvalue weighted by Crippen LogP contribution is 1.93. The first-order chi connectivity index (χ1) is 7.34. The van der Waals surface area contributed by atoms with Crippen LogP contribution in [0, 0.1) is 0 Å². The Labute approximate surface area is 105 Å². The lowest BCUT2D eigenvalue weighted by Crippen LogP contribution is -2.33. The monoisotopic (exact) mass is 266 g/mol. The van der Waals surface area contributed by atoms with E-state index in [4.69, 9.17) is 4.74 Å². The molecule has 0 aliphatic rings. The summed E-state index contributed by atoms with van der Waals surface area (Å²) in [4.78, 5) is 11.3. The average molecular weight is 267 g/mol. The summed E-state index contributed by atoms with van der Waals surface area (Å²) < 4.78 is 12.4. The first-order valence-corrected chi connectivity index (χ1v) is 5.33. The summed E-state index contributed by atoms with van der Waals surface area (Å²) in [5, 5.41) is 5.84. The first-order valence-electron chi connectivity index (χ1n) is 4.60. The largest absolute Gasteiger partial charge is 0.383 e. The molecular weight excluding hydrogens is 252 g/mol. The molecule has 1 aromatic rings. The van der Waals surface area contributed by atoms with Crippen LogP contribution in [0.4, 0.5) is 0 Å². The number of halogens is 1. The van der Waals surface area contributed by atoms with Gasteiger partial charge in [0.25, 0.3) is 5.91 Å². The summed E-state index contributed by atoms with van der Waals surface area (Å²) in [5.41, 5.74) is 0.372. The van der Waals surface area contributed by atoms with Gasteiger partial charge in [-0.3, -0.25) is 4.79 Å². The van der Waals surface area contributed by atoms with Crippen molar-refractivity contribution in [1.29, 1.82) is 0 Å². The molecule has 16 heavy (non-hydrogen) atoms. The molecule has 1 amide bonds. The van der Waals surface area contributed by atoms with Crippen LogP contribution in [0.15, 0.2) is 6.20 Å². The molecule has 0 aromatic carbocycles. The summed E-state index contributed by atoms with van der Waals surface area (Å²) in [6.45, 7) is 2.74. The molecule has 1 aromatic heterocycles. The van der Waals surface area contributed by atoms with Crippen LogP contribution in [0.5, 0.6) is 0 Å². The van der Waals surface area contributed by atoms with Crippen molar-refractivity contribution in [3.8, 4) is 0 Å². The number of hydrogen-bond donors (Lipinski definition) is 2. The smallest absolute Gasteiger partial charge is 0.272 e. The summed E-state index contributed by atoms with van der Waals surface area (Å²) in [7, 11) is 1.65. The molecule has 0 saturated heterocycles. The topological polar surface area (TPSA) is 76.1 Å². The molecule has 0 spiro atoms. The van der Waals surface area contributed by atoms with E-state index in [1.165, 1.54) is 6.20 Å². The molecule has 0 radical (unpaired) electrons. The van der Waals surface area contributed by atoms with Crippen LogP contribution in [0.3, 0.4) is 0 Å².